The first-order valence-electron chi connectivity index (χ1n) is 5.30. The molecule has 1 aliphatic heterocycles. The van der Waals surface area contributed by atoms with Crippen molar-refractivity contribution in [3.63, 3.8) is 0 Å². The van der Waals surface area contributed by atoms with Crippen molar-refractivity contribution in [2.24, 2.45) is 17.3 Å². The fourth-order valence-corrected chi connectivity index (χ4v) is 3.78. The van der Waals surface area contributed by atoms with Crippen LogP contribution in [0.25, 0.3) is 0 Å². The molecule has 3 saturated carbocycles. The van der Waals surface area contributed by atoms with Crippen LogP contribution in [0.5, 0.6) is 0 Å². The minimum absolute atomic E-state index is 0.0260. The third-order valence-electron chi connectivity index (χ3n) is 4.94. The van der Waals surface area contributed by atoms with Crippen LogP contribution in [0, 0.1) is 17.3 Å². The van der Waals surface area contributed by atoms with Crippen molar-refractivity contribution in [3.8, 4) is 0 Å². The second-order valence-corrected chi connectivity index (χ2v) is 5.64. The molecule has 13 heavy (non-hydrogen) atoms. The van der Waals surface area contributed by atoms with Crippen LogP contribution in [-0.2, 0) is 9.31 Å². The lowest BCUT2D eigenvalue weighted by molar-refractivity contribution is -0.199. The van der Waals surface area contributed by atoms with Crippen molar-refractivity contribution in [3.05, 3.63) is 0 Å². The van der Waals surface area contributed by atoms with Gasteiger partial charge in [0.05, 0.1) is 11.7 Å². The average Bonchev–Trinajstić information content (AvgIpc) is 2.44. The van der Waals surface area contributed by atoms with Gasteiger partial charge in [0.2, 0.25) is 0 Å². The van der Waals surface area contributed by atoms with Gasteiger partial charge in [-0.1, -0.05) is 13.8 Å². The quantitative estimate of drug-likeness (QED) is 0.526. The molecule has 0 spiro atoms. The summed E-state index contributed by atoms with van der Waals surface area (Å²) >= 11 is 0. The normalized spacial score (nSPS) is 56.4. The fourth-order valence-electron chi connectivity index (χ4n) is 3.78. The monoisotopic (exact) mass is 180 g/mol. The third-order valence-corrected chi connectivity index (χ3v) is 4.94. The predicted molar refractivity (Wildman–Crippen MR) is 51.5 cm³/mol. The Morgan fingerprint density at radius 1 is 1.23 bits per heavy atom. The number of hydrogen-bond acceptors (Lipinski definition) is 2. The lowest BCUT2D eigenvalue weighted by atomic mass is 9.43. The van der Waals surface area contributed by atoms with Gasteiger partial charge in [0, 0.05) is 0 Å². The van der Waals surface area contributed by atoms with Gasteiger partial charge < -0.3 is 9.31 Å². The highest BCUT2D eigenvalue weighted by Gasteiger charge is 2.65. The van der Waals surface area contributed by atoms with Gasteiger partial charge in [-0.15, -0.1) is 0 Å². The van der Waals surface area contributed by atoms with Gasteiger partial charge in [0.25, 0.3) is 0 Å². The standard InChI is InChI=1S/C10H17BO2/c1-9(2)6-4-7(9)10(3)8(5-6)12-11-13-10/h6-8,11H,4-5H2,1-3H3/t6-,7?,8?,10-/m0/s1. The maximum atomic E-state index is 5.81. The summed E-state index contributed by atoms with van der Waals surface area (Å²) in [5.74, 6) is 1.59. The maximum absolute atomic E-state index is 5.81. The Morgan fingerprint density at radius 3 is 2.69 bits per heavy atom. The smallest absolute Gasteiger partial charge is 0.408 e. The van der Waals surface area contributed by atoms with E-state index in [4.69, 9.17) is 9.31 Å². The van der Waals surface area contributed by atoms with Crippen molar-refractivity contribution < 1.29 is 9.31 Å². The minimum Gasteiger partial charge on any atom is -0.408 e. The molecule has 0 N–H and O–H groups in total. The molecule has 1 saturated heterocycles. The van der Waals surface area contributed by atoms with Gasteiger partial charge in [-0.3, -0.25) is 0 Å². The van der Waals surface area contributed by atoms with Crippen LogP contribution in [0.1, 0.15) is 33.6 Å². The van der Waals surface area contributed by atoms with Gasteiger partial charge in [-0.25, -0.2) is 0 Å². The van der Waals surface area contributed by atoms with Crippen molar-refractivity contribution in [2.75, 3.05) is 0 Å². The van der Waals surface area contributed by atoms with E-state index in [1.165, 1.54) is 12.8 Å². The second kappa shape index (κ2) is 2.14. The first kappa shape index (κ1) is 8.31. The average molecular weight is 180 g/mol. The van der Waals surface area contributed by atoms with Crippen molar-refractivity contribution >= 4 is 7.69 Å². The molecule has 3 heteroatoms. The highest BCUT2D eigenvalue weighted by atomic mass is 16.6. The summed E-state index contributed by atoms with van der Waals surface area (Å²) in [6.45, 7) is 7.01. The molecule has 1 heterocycles. The highest BCUT2D eigenvalue weighted by molar-refractivity contribution is 6.19. The SMILES string of the molecule is CC1(C)C2C[C@H]1CC1OBO[C@]12C. The summed E-state index contributed by atoms with van der Waals surface area (Å²) in [7, 11) is 0.514. The second-order valence-electron chi connectivity index (χ2n) is 5.64. The van der Waals surface area contributed by atoms with E-state index in [9.17, 15) is 0 Å². The fraction of sp³-hybridized carbons (Fsp3) is 1.00. The van der Waals surface area contributed by atoms with Gasteiger partial charge in [-0.05, 0) is 37.0 Å². The molecule has 2 nitrogen and oxygen atoms in total. The van der Waals surface area contributed by atoms with Crippen LogP contribution in [0.4, 0.5) is 0 Å². The lowest BCUT2D eigenvalue weighted by Gasteiger charge is -2.64. The Balaban J connectivity index is 1.97. The number of hydrogen-bond donors (Lipinski definition) is 0. The van der Waals surface area contributed by atoms with E-state index in [0.29, 0.717) is 25.1 Å². The molecule has 4 aliphatic rings. The van der Waals surface area contributed by atoms with E-state index in [0.717, 1.165) is 5.92 Å². The van der Waals surface area contributed by atoms with Gasteiger partial charge >= 0.3 is 7.69 Å². The van der Waals surface area contributed by atoms with Gasteiger partial charge in [0.1, 0.15) is 0 Å². The van der Waals surface area contributed by atoms with Crippen LogP contribution in [-0.4, -0.2) is 19.4 Å². The van der Waals surface area contributed by atoms with Crippen molar-refractivity contribution in [1.82, 2.24) is 0 Å². The molecule has 0 aromatic carbocycles. The zero-order valence-electron chi connectivity index (χ0n) is 8.67. The molecule has 3 aliphatic carbocycles. The molecule has 2 unspecified atom stereocenters. The molecular formula is C10H17BO2. The molecule has 0 radical (unpaired) electrons. The Labute approximate surface area is 80.3 Å². The van der Waals surface area contributed by atoms with E-state index in [2.05, 4.69) is 20.8 Å². The summed E-state index contributed by atoms with van der Waals surface area (Å²) in [5, 5.41) is 0. The molecule has 4 rings (SSSR count). The largest absolute Gasteiger partial charge is 0.438 e. The summed E-state index contributed by atoms with van der Waals surface area (Å²) in [6, 6.07) is 0. The molecular weight excluding hydrogens is 163 g/mol. The maximum Gasteiger partial charge on any atom is 0.438 e. The molecule has 0 aromatic rings. The summed E-state index contributed by atoms with van der Waals surface area (Å²) < 4.78 is 11.4. The Hall–Kier alpha value is -0.0151. The molecule has 4 fully saturated rings. The minimum atomic E-state index is 0.0260. The van der Waals surface area contributed by atoms with Crippen LogP contribution >= 0.6 is 0 Å². The topological polar surface area (TPSA) is 18.5 Å². The Bertz CT molecular complexity index is 253. The summed E-state index contributed by atoms with van der Waals surface area (Å²) in [4.78, 5) is 0. The highest BCUT2D eigenvalue weighted by Crippen LogP contribution is 2.65. The first-order valence-corrected chi connectivity index (χ1v) is 5.30. The van der Waals surface area contributed by atoms with E-state index >= 15 is 0 Å². The van der Waals surface area contributed by atoms with Crippen LogP contribution in [0.15, 0.2) is 0 Å². The van der Waals surface area contributed by atoms with E-state index in [1.54, 1.807) is 0 Å². The van der Waals surface area contributed by atoms with E-state index < -0.39 is 0 Å². The van der Waals surface area contributed by atoms with Gasteiger partial charge in [0.15, 0.2) is 0 Å². The Kier molecular flexibility index (Phi) is 1.37. The van der Waals surface area contributed by atoms with Crippen LogP contribution < -0.4 is 0 Å². The van der Waals surface area contributed by atoms with E-state index in [-0.39, 0.29) is 5.60 Å². The zero-order valence-corrected chi connectivity index (χ0v) is 8.67. The lowest BCUT2D eigenvalue weighted by Crippen LogP contribution is -2.65. The van der Waals surface area contributed by atoms with Crippen LogP contribution in [0.2, 0.25) is 0 Å². The number of rotatable bonds is 0. The van der Waals surface area contributed by atoms with Gasteiger partial charge in [-0.2, -0.15) is 0 Å². The third kappa shape index (κ3) is 0.786. The molecule has 0 aromatic heterocycles. The van der Waals surface area contributed by atoms with E-state index in [1.807, 2.05) is 0 Å². The summed E-state index contributed by atoms with van der Waals surface area (Å²) in [6.07, 6.45) is 2.94. The summed E-state index contributed by atoms with van der Waals surface area (Å²) in [5.41, 5.74) is 0.511. The van der Waals surface area contributed by atoms with Crippen molar-refractivity contribution in [1.29, 1.82) is 0 Å². The molecule has 0 amide bonds. The Morgan fingerprint density at radius 2 is 2.00 bits per heavy atom. The van der Waals surface area contributed by atoms with Crippen molar-refractivity contribution in [2.45, 2.75) is 45.3 Å². The molecule has 2 bridgehead atoms. The zero-order chi connectivity index (χ0) is 9.27. The predicted octanol–water partition coefficient (Wildman–Crippen LogP) is 1.49. The molecule has 72 valence electrons. The first-order chi connectivity index (χ1) is 6.05. The van der Waals surface area contributed by atoms with Crippen LogP contribution in [0.3, 0.4) is 0 Å². The molecule has 4 atom stereocenters.